The Balaban J connectivity index is 3.20. The molecule has 0 aliphatic rings. The number of hydrogen-bond acceptors (Lipinski definition) is 2. The molecule has 3 N–H and O–H groups in total. The van der Waals surface area contributed by atoms with Crippen molar-refractivity contribution >= 4 is 0 Å². The molecular formula is C16H28N2. The third-order valence-corrected chi connectivity index (χ3v) is 4.16. The minimum Gasteiger partial charge on any atom is -0.330 e. The molecule has 0 aliphatic carbocycles. The van der Waals surface area contributed by atoms with E-state index < -0.39 is 0 Å². The molecule has 0 spiro atoms. The largest absolute Gasteiger partial charge is 0.330 e. The lowest BCUT2D eigenvalue weighted by atomic mass is 9.86. The highest BCUT2D eigenvalue weighted by Gasteiger charge is 2.19. The summed E-state index contributed by atoms with van der Waals surface area (Å²) >= 11 is 0. The molecule has 2 nitrogen and oxygen atoms in total. The van der Waals surface area contributed by atoms with Crippen LogP contribution in [0.15, 0.2) is 6.07 Å². The van der Waals surface area contributed by atoms with Gasteiger partial charge in [0.05, 0.1) is 0 Å². The van der Waals surface area contributed by atoms with E-state index in [9.17, 15) is 0 Å². The first-order valence-corrected chi connectivity index (χ1v) is 6.87. The lowest BCUT2D eigenvalue weighted by Crippen LogP contribution is -2.24. The molecular weight excluding hydrogens is 220 g/mol. The number of nitrogens with two attached hydrogens (primary N) is 1. The van der Waals surface area contributed by atoms with Gasteiger partial charge in [-0.2, -0.15) is 0 Å². The molecule has 18 heavy (non-hydrogen) atoms. The summed E-state index contributed by atoms with van der Waals surface area (Å²) in [6.45, 7) is 11.8. The van der Waals surface area contributed by atoms with E-state index in [0.717, 1.165) is 13.0 Å². The highest BCUT2D eigenvalue weighted by Crippen LogP contribution is 2.30. The Morgan fingerprint density at radius 3 is 2.00 bits per heavy atom. The number of hydrogen-bond donors (Lipinski definition) is 2. The molecule has 0 bridgehead atoms. The van der Waals surface area contributed by atoms with Crippen LogP contribution in [0, 0.1) is 33.6 Å². The molecule has 1 rings (SSSR count). The molecule has 102 valence electrons. The summed E-state index contributed by atoms with van der Waals surface area (Å²) in [7, 11) is 2.05. The number of nitrogens with one attached hydrogen (secondary N) is 1. The van der Waals surface area contributed by atoms with Crippen molar-refractivity contribution in [1.82, 2.24) is 5.32 Å². The summed E-state index contributed by atoms with van der Waals surface area (Å²) in [6, 6.07) is 2.69. The second-order valence-corrected chi connectivity index (χ2v) is 5.59. The summed E-state index contributed by atoms with van der Waals surface area (Å²) in [5.74, 6) is 0.544. The fourth-order valence-electron chi connectivity index (χ4n) is 2.65. The van der Waals surface area contributed by atoms with E-state index in [-0.39, 0.29) is 0 Å². The maximum absolute atomic E-state index is 5.76. The first-order chi connectivity index (χ1) is 8.42. The molecule has 0 saturated heterocycles. The Hall–Kier alpha value is -0.860. The van der Waals surface area contributed by atoms with Gasteiger partial charge in [-0.05, 0) is 81.4 Å². The second kappa shape index (κ2) is 6.35. The van der Waals surface area contributed by atoms with Gasteiger partial charge < -0.3 is 11.1 Å². The van der Waals surface area contributed by atoms with Crippen LogP contribution in [0.5, 0.6) is 0 Å². The van der Waals surface area contributed by atoms with Crippen LogP contribution in [-0.2, 0) is 0 Å². The quantitative estimate of drug-likeness (QED) is 0.840. The highest BCUT2D eigenvalue weighted by molar-refractivity contribution is 5.45. The molecule has 0 amide bonds. The standard InChI is InChI=1S/C16H28N2/c1-10(9-17)7-15(18-6)16-13(4)11(2)8-12(3)14(16)5/h8,10,15,18H,7,9,17H2,1-6H3. The van der Waals surface area contributed by atoms with Gasteiger partial charge in [-0.25, -0.2) is 0 Å². The zero-order valence-corrected chi connectivity index (χ0v) is 12.7. The van der Waals surface area contributed by atoms with Gasteiger partial charge in [-0.3, -0.25) is 0 Å². The van der Waals surface area contributed by atoms with E-state index in [1.165, 1.54) is 27.8 Å². The van der Waals surface area contributed by atoms with E-state index in [0.29, 0.717) is 12.0 Å². The Morgan fingerprint density at radius 1 is 1.11 bits per heavy atom. The van der Waals surface area contributed by atoms with Crippen molar-refractivity contribution in [2.75, 3.05) is 13.6 Å². The Kier molecular flexibility index (Phi) is 5.36. The van der Waals surface area contributed by atoms with E-state index in [1.54, 1.807) is 0 Å². The number of aryl methyl sites for hydroxylation is 2. The van der Waals surface area contributed by atoms with Gasteiger partial charge in [0, 0.05) is 6.04 Å². The predicted octanol–water partition coefficient (Wildman–Crippen LogP) is 3.17. The molecule has 2 heteroatoms. The molecule has 0 heterocycles. The molecule has 1 aromatic carbocycles. The summed E-state index contributed by atoms with van der Waals surface area (Å²) in [5.41, 5.74) is 12.8. The van der Waals surface area contributed by atoms with Crippen molar-refractivity contribution in [3.8, 4) is 0 Å². The lowest BCUT2D eigenvalue weighted by molar-refractivity contribution is 0.435. The van der Waals surface area contributed by atoms with Crippen molar-refractivity contribution < 1.29 is 0 Å². The first-order valence-electron chi connectivity index (χ1n) is 6.87. The van der Waals surface area contributed by atoms with Crippen molar-refractivity contribution in [2.45, 2.75) is 47.1 Å². The molecule has 0 radical (unpaired) electrons. The molecule has 0 saturated carbocycles. The molecule has 0 fully saturated rings. The van der Waals surface area contributed by atoms with Crippen LogP contribution in [0.3, 0.4) is 0 Å². The fraction of sp³-hybridized carbons (Fsp3) is 0.625. The summed E-state index contributed by atoms with van der Waals surface area (Å²) < 4.78 is 0. The summed E-state index contributed by atoms with van der Waals surface area (Å²) in [4.78, 5) is 0. The van der Waals surface area contributed by atoms with Gasteiger partial charge in [0.15, 0.2) is 0 Å². The van der Waals surface area contributed by atoms with Crippen molar-refractivity contribution in [3.63, 3.8) is 0 Å². The molecule has 0 aromatic heterocycles. The van der Waals surface area contributed by atoms with Crippen molar-refractivity contribution in [2.24, 2.45) is 11.7 Å². The average Bonchev–Trinajstić information content (AvgIpc) is 2.35. The minimum absolute atomic E-state index is 0.405. The Bertz CT molecular complexity index is 384. The first kappa shape index (κ1) is 15.2. The van der Waals surface area contributed by atoms with Gasteiger partial charge in [0.2, 0.25) is 0 Å². The smallest absolute Gasteiger partial charge is 0.0326 e. The highest BCUT2D eigenvalue weighted by atomic mass is 14.9. The maximum atomic E-state index is 5.76. The van der Waals surface area contributed by atoms with Crippen molar-refractivity contribution in [1.29, 1.82) is 0 Å². The van der Waals surface area contributed by atoms with Crippen LogP contribution in [0.1, 0.15) is 47.2 Å². The van der Waals surface area contributed by atoms with Crippen LogP contribution in [-0.4, -0.2) is 13.6 Å². The summed E-state index contributed by atoms with van der Waals surface area (Å²) in [6.07, 6.45) is 1.09. The van der Waals surface area contributed by atoms with Crippen LogP contribution < -0.4 is 11.1 Å². The zero-order valence-electron chi connectivity index (χ0n) is 12.7. The Labute approximate surface area is 112 Å². The van der Waals surface area contributed by atoms with Crippen LogP contribution in [0.25, 0.3) is 0 Å². The fourth-order valence-corrected chi connectivity index (χ4v) is 2.65. The third-order valence-electron chi connectivity index (χ3n) is 4.16. The van der Waals surface area contributed by atoms with E-state index >= 15 is 0 Å². The van der Waals surface area contributed by atoms with Crippen molar-refractivity contribution in [3.05, 3.63) is 33.9 Å². The molecule has 0 aliphatic heterocycles. The number of rotatable bonds is 5. The normalized spacial score (nSPS) is 14.6. The monoisotopic (exact) mass is 248 g/mol. The van der Waals surface area contributed by atoms with Crippen LogP contribution in [0.2, 0.25) is 0 Å². The van der Waals surface area contributed by atoms with Gasteiger partial charge >= 0.3 is 0 Å². The molecule has 2 atom stereocenters. The third kappa shape index (κ3) is 3.12. The minimum atomic E-state index is 0.405. The van der Waals surface area contributed by atoms with Crippen LogP contribution >= 0.6 is 0 Å². The average molecular weight is 248 g/mol. The van der Waals surface area contributed by atoms with E-state index in [2.05, 4.69) is 46.0 Å². The van der Waals surface area contributed by atoms with Gasteiger partial charge in [-0.1, -0.05) is 13.0 Å². The second-order valence-electron chi connectivity index (χ2n) is 5.59. The maximum Gasteiger partial charge on any atom is 0.0326 e. The van der Waals surface area contributed by atoms with E-state index in [1.807, 2.05) is 7.05 Å². The van der Waals surface area contributed by atoms with E-state index in [4.69, 9.17) is 5.73 Å². The molecule has 2 unspecified atom stereocenters. The van der Waals surface area contributed by atoms with Crippen LogP contribution in [0.4, 0.5) is 0 Å². The SMILES string of the molecule is CNC(CC(C)CN)c1c(C)c(C)cc(C)c1C. The predicted molar refractivity (Wildman–Crippen MR) is 80.0 cm³/mol. The summed E-state index contributed by atoms with van der Waals surface area (Å²) in [5, 5.41) is 3.46. The van der Waals surface area contributed by atoms with Gasteiger partial charge in [0.1, 0.15) is 0 Å². The Morgan fingerprint density at radius 2 is 1.61 bits per heavy atom. The topological polar surface area (TPSA) is 38.0 Å². The van der Waals surface area contributed by atoms with Gasteiger partial charge in [-0.15, -0.1) is 0 Å². The molecule has 1 aromatic rings. The lowest BCUT2D eigenvalue weighted by Gasteiger charge is -2.26. The number of benzene rings is 1. The van der Waals surface area contributed by atoms with Gasteiger partial charge in [0.25, 0.3) is 0 Å². The zero-order chi connectivity index (χ0) is 13.9.